The Hall–Kier alpha value is -2.18. The molecule has 1 fully saturated rings. The molecule has 6 heteroatoms. The second-order valence-corrected chi connectivity index (χ2v) is 7.71. The minimum Gasteiger partial charge on any atom is -0.462 e. The predicted molar refractivity (Wildman–Crippen MR) is 108 cm³/mol. The van der Waals surface area contributed by atoms with Crippen LogP contribution < -0.4 is 10.6 Å². The Labute approximate surface area is 164 Å². The lowest BCUT2D eigenvalue weighted by molar-refractivity contribution is -0.681. The first-order chi connectivity index (χ1) is 13.2. The Balaban J connectivity index is 1.73. The Kier molecular flexibility index (Phi) is 7.01. The van der Waals surface area contributed by atoms with Crippen molar-refractivity contribution in [1.29, 1.82) is 0 Å². The summed E-state index contributed by atoms with van der Waals surface area (Å²) in [5.74, 6) is -0.475. The lowest BCUT2D eigenvalue weighted by Gasteiger charge is -2.19. The highest BCUT2D eigenvalue weighted by Crippen LogP contribution is 2.36. The zero-order valence-corrected chi connectivity index (χ0v) is 16.5. The maximum absolute atomic E-state index is 12.5. The summed E-state index contributed by atoms with van der Waals surface area (Å²) in [6.07, 6.45) is 6.16. The number of nitrogens with two attached hydrogens (primary N) is 1. The predicted octanol–water partition coefficient (Wildman–Crippen LogP) is 3.43. The third-order valence-electron chi connectivity index (χ3n) is 4.89. The van der Waals surface area contributed by atoms with Gasteiger partial charge in [-0.1, -0.05) is 36.8 Å². The second kappa shape index (κ2) is 9.67. The van der Waals surface area contributed by atoms with Crippen LogP contribution in [0.3, 0.4) is 0 Å². The van der Waals surface area contributed by atoms with Gasteiger partial charge in [0.2, 0.25) is 0 Å². The highest BCUT2D eigenvalue weighted by atomic mass is 32.1. The molecule has 0 unspecified atom stereocenters. The maximum Gasteiger partial charge on any atom is 0.341 e. The van der Waals surface area contributed by atoms with Gasteiger partial charge in [-0.2, -0.15) is 0 Å². The molecule has 0 atom stereocenters. The fourth-order valence-corrected chi connectivity index (χ4v) is 4.48. The molecule has 5 nitrogen and oxygen atoms in total. The Morgan fingerprint density at radius 2 is 1.93 bits per heavy atom. The van der Waals surface area contributed by atoms with Crippen molar-refractivity contribution in [3.05, 3.63) is 41.3 Å². The number of rotatable bonds is 7. The molecule has 2 aromatic rings. The minimum atomic E-state index is -0.399. The van der Waals surface area contributed by atoms with Gasteiger partial charge in [-0.3, -0.25) is 4.79 Å². The van der Waals surface area contributed by atoms with E-state index in [2.05, 4.69) is 10.6 Å². The number of carbonyl (C=O) groups excluding carboxylic acids is 2. The van der Waals surface area contributed by atoms with Gasteiger partial charge in [-0.15, -0.1) is 11.3 Å². The summed E-state index contributed by atoms with van der Waals surface area (Å²) in [5, 5.41) is 7.53. The van der Waals surface area contributed by atoms with Crippen molar-refractivity contribution in [1.82, 2.24) is 0 Å². The molecule has 1 aromatic carbocycles. The van der Waals surface area contributed by atoms with E-state index in [9.17, 15) is 9.59 Å². The van der Waals surface area contributed by atoms with Crippen molar-refractivity contribution in [2.75, 3.05) is 18.5 Å². The van der Waals surface area contributed by atoms with Crippen LogP contribution in [0.25, 0.3) is 11.1 Å². The Morgan fingerprint density at radius 1 is 1.19 bits per heavy atom. The molecule has 27 heavy (non-hydrogen) atoms. The van der Waals surface area contributed by atoms with E-state index in [1.54, 1.807) is 6.92 Å². The summed E-state index contributed by atoms with van der Waals surface area (Å²) >= 11 is 1.37. The number of quaternary nitrogens is 1. The van der Waals surface area contributed by atoms with Crippen molar-refractivity contribution in [2.45, 2.75) is 45.1 Å². The molecule has 0 bridgehead atoms. The topological polar surface area (TPSA) is 72.0 Å². The molecule has 0 radical (unpaired) electrons. The smallest absolute Gasteiger partial charge is 0.341 e. The van der Waals surface area contributed by atoms with Crippen molar-refractivity contribution >= 4 is 28.2 Å². The van der Waals surface area contributed by atoms with E-state index in [4.69, 9.17) is 4.74 Å². The summed E-state index contributed by atoms with van der Waals surface area (Å²) in [7, 11) is 0. The molecular formula is C21H27N2O3S+. The Bertz CT molecular complexity index is 767. The molecule has 1 amide bonds. The van der Waals surface area contributed by atoms with Gasteiger partial charge in [-0.05, 0) is 38.2 Å². The third kappa shape index (κ3) is 5.17. The van der Waals surface area contributed by atoms with E-state index in [1.165, 1.54) is 43.4 Å². The highest BCUT2D eigenvalue weighted by Gasteiger charge is 2.24. The van der Waals surface area contributed by atoms with Gasteiger partial charge in [0.1, 0.15) is 10.6 Å². The first kappa shape index (κ1) is 19.6. The van der Waals surface area contributed by atoms with Crippen LogP contribution in [0.2, 0.25) is 0 Å². The van der Waals surface area contributed by atoms with Crippen molar-refractivity contribution in [3.63, 3.8) is 0 Å². The number of carbonyl (C=O) groups is 2. The zero-order chi connectivity index (χ0) is 19.1. The molecule has 1 aromatic heterocycles. The molecule has 1 aliphatic rings. The molecule has 0 saturated heterocycles. The summed E-state index contributed by atoms with van der Waals surface area (Å²) < 4.78 is 5.23. The highest BCUT2D eigenvalue weighted by molar-refractivity contribution is 7.15. The fraction of sp³-hybridized carbons (Fsp3) is 0.429. The van der Waals surface area contributed by atoms with E-state index < -0.39 is 5.97 Å². The number of esters is 1. The van der Waals surface area contributed by atoms with Gasteiger partial charge in [0, 0.05) is 10.9 Å². The summed E-state index contributed by atoms with van der Waals surface area (Å²) in [6.45, 7) is 2.46. The number of anilines is 1. The van der Waals surface area contributed by atoms with Crippen LogP contribution in [-0.4, -0.2) is 31.1 Å². The summed E-state index contributed by atoms with van der Waals surface area (Å²) in [4.78, 5) is 25.0. The number of hydrogen-bond donors (Lipinski definition) is 2. The van der Waals surface area contributed by atoms with Gasteiger partial charge in [0.25, 0.3) is 5.91 Å². The van der Waals surface area contributed by atoms with Crippen LogP contribution in [0, 0.1) is 0 Å². The minimum absolute atomic E-state index is 0.0763. The number of ether oxygens (including phenoxy) is 1. The summed E-state index contributed by atoms with van der Waals surface area (Å²) in [6, 6.07) is 10.2. The second-order valence-electron chi connectivity index (χ2n) is 6.83. The van der Waals surface area contributed by atoms with Crippen LogP contribution in [0.4, 0.5) is 5.00 Å². The van der Waals surface area contributed by atoms with Gasteiger partial charge in [-0.25, -0.2) is 4.79 Å². The third-order valence-corrected chi connectivity index (χ3v) is 5.79. The Morgan fingerprint density at radius 3 is 2.63 bits per heavy atom. The van der Waals surface area contributed by atoms with E-state index >= 15 is 0 Å². The molecule has 1 aliphatic carbocycles. The van der Waals surface area contributed by atoms with Crippen LogP contribution >= 0.6 is 11.3 Å². The lowest BCUT2D eigenvalue weighted by atomic mass is 9.95. The molecule has 3 N–H and O–H groups in total. The van der Waals surface area contributed by atoms with Crippen molar-refractivity contribution in [3.8, 4) is 11.1 Å². The normalized spacial score (nSPS) is 14.7. The van der Waals surface area contributed by atoms with Crippen LogP contribution in [0.5, 0.6) is 0 Å². The first-order valence-corrected chi connectivity index (χ1v) is 10.5. The van der Waals surface area contributed by atoms with Crippen LogP contribution in [0.1, 0.15) is 49.4 Å². The molecule has 3 rings (SSSR count). The maximum atomic E-state index is 12.5. The van der Waals surface area contributed by atoms with Crippen LogP contribution in [0.15, 0.2) is 35.7 Å². The number of amides is 1. The van der Waals surface area contributed by atoms with Crippen molar-refractivity contribution in [2.24, 2.45) is 0 Å². The first-order valence-electron chi connectivity index (χ1n) is 9.66. The van der Waals surface area contributed by atoms with E-state index in [0.717, 1.165) is 11.1 Å². The van der Waals surface area contributed by atoms with Gasteiger partial charge < -0.3 is 15.4 Å². The van der Waals surface area contributed by atoms with Gasteiger partial charge >= 0.3 is 5.97 Å². The molecular weight excluding hydrogens is 360 g/mol. The molecule has 0 aliphatic heterocycles. The average molecular weight is 388 g/mol. The number of hydrogen-bond acceptors (Lipinski definition) is 4. The van der Waals surface area contributed by atoms with E-state index in [-0.39, 0.29) is 5.91 Å². The average Bonchev–Trinajstić information content (AvgIpc) is 3.11. The monoisotopic (exact) mass is 387 g/mol. The van der Waals surface area contributed by atoms with Crippen molar-refractivity contribution < 1.29 is 19.6 Å². The van der Waals surface area contributed by atoms with E-state index in [1.807, 2.05) is 35.7 Å². The molecule has 0 spiro atoms. The summed E-state index contributed by atoms with van der Waals surface area (Å²) in [5.41, 5.74) is 2.18. The van der Waals surface area contributed by atoms with Crippen LogP contribution in [-0.2, 0) is 9.53 Å². The number of thiophene rings is 1. The molecule has 1 heterocycles. The SMILES string of the molecule is CCOC(=O)c1c(-c2ccccc2)csc1NC(=O)C[NH2+]C1CCCCC1. The fourth-order valence-electron chi connectivity index (χ4n) is 3.51. The van der Waals surface area contributed by atoms with E-state index in [0.29, 0.717) is 29.8 Å². The zero-order valence-electron chi connectivity index (χ0n) is 15.7. The largest absolute Gasteiger partial charge is 0.462 e. The van der Waals surface area contributed by atoms with Gasteiger partial charge in [0.15, 0.2) is 6.54 Å². The number of benzene rings is 1. The molecule has 1 saturated carbocycles. The molecule has 144 valence electrons. The van der Waals surface area contributed by atoms with Gasteiger partial charge in [0.05, 0.1) is 12.6 Å². The quantitative estimate of drug-likeness (QED) is 0.715. The standard InChI is InChI=1S/C21H26N2O3S/c1-2-26-21(25)19-17(15-9-5-3-6-10-15)14-27-20(19)23-18(24)13-22-16-11-7-4-8-12-16/h3,5-6,9-10,14,16,22H,2,4,7-8,11-13H2,1H3,(H,23,24)/p+1. The number of nitrogens with one attached hydrogen (secondary N) is 1. The lowest BCUT2D eigenvalue weighted by Crippen LogP contribution is -2.91.